The highest BCUT2D eigenvalue weighted by molar-refractivity contribution is 8.00. The number of halogens is 3. The predicted octanol–water partition coefficient (Wildman–Crippen LogP) is 2.75. The van der Waals surface area contributed by atoms with Crippen LogP contribution in [0.5, 0.6) is 0 Å². The van der Waals surface area contributed by atoms with Crippen molar-refractivity contribution in [1.82, 2.24) is 5.32 Å². The first-order chi connectivity index (χ1) is 9.30. The van der Waals surface area contributed by atoms with Crippen molar-refractivity contribution in [3.05, 3.63) is 29.8 Å². The molecular formula is C12H14F3NO2S2. The van der Waals surface area contributed by atoms with Crippen LogP contribution in [0.2, 0.25) is 0 Å². The zero-order valence-electron chi connectivity index (χ0n) is 10.5. The van der Waals surface area contributed by atoms with E-state index in [-0.39, 0.29) is 40.7 Å². The summed E-state index contributed by atoms with van der Waals surface area (Å²) in [6, 6.07) is 6.43. The molecule has 3 nitrogen and oxygen atoms in total. The average molecular weight is 325 g/mol. The van der Waals surface area contributed by atoms with E-state index in [1.54, 1.807) is 24.3 Å². The van der Waals surface area contributed by atoms with E-state index in [0.29, 0.717) is 12.0 Å². The zero-order chi connectivity index (χ0) is 14.8. The highest BCUT2D eigenvalue weighted by Gasteiger charge is 2.30. The molecule has 0 aliphatic carbocycles. The summed E-state index contributed by atoms with van der Waals surface area (Å²) in [6.07, 6.45) is 0.385. The zero-order valence-corrected chi connectivity index (χ0v) is 12.1. The summed E-state index contributed by atoms with van der Waals surface area (Å²) in [4.78, 5) is 0.284. The Morgan fingerprint density at radius 2 is 2.00 bits per heavy atom. The largest absolute Gasteiger partial charge is 0.441 e. The van der Waals surface area contributed by atoms with Crippen LogP contribution in [0.15, 0.2) is 29.2 Å². The van der Waals surface area contributed by atoms with Crippen molar-refractivity contribution in [1.29, 1.82) is 0 Å². The maximum Gasteiger partial charge on any atom is 0.441 e. The molecule has 112 valence electrons. The van der Waals surface area contributed by atoms with E-state index < -0.39 is 15.3 Å². The van der Waals surface area contributed by atoms with Crippen LogP contribution in [-0.4, -0.2) is 32.0 Å². The second-order valence-electron chi connectivity index (χ2n) is 4.45. The van der Waals surface area contributed by atoms with E-state index in [2.05, 4.69) is 5.32 Å². The number of hydrogen-bond donors (Lipinski definition) is 1. The fourth-order valence-corrected chi connectivity index (χ4v) is 4.27. The first-order valence-electron chi connectivity index (χ1n) is 6.05. The standard InChI is InChI=1S/C12H14F3NO2S2/c13-12(14,15)19-7-6-16-10-5-8-20(17,18)11-4-2-1-3-9(10)11/h1-4,10,16H,5-8H2. The number of alkyl halides is 3. The van der Waals surface area contributed by atoms with E-state index in [4.69, 9.17) is 0 Å². The molecule has 0 aromatic heterocycles. The normalized spacial score (nSPS) is 21.4. The molecule has 0 bridgehead atoms. The Hall–Kier alpha value is -0.730. The van der Waals surface area contributed by atoms with Gasteiger partial charge in [0.1, 0.15) is 0 Å². The average Bonchev–Trinajstić information content (AvgIpc) is 2.36. The third-order valence-corrected chi connectivity index (χ3v) is 5.61. The lowest BCUT2D eigenvalue weighted by Gasteiger charge is -2.26. The van der Waals surface area contributed by atoms with Gasteiger partial charge in [-0.15, -0.1) is 0 Å². The molecule has 0 saturated carbocycles. The SMILES string of the molecule is O=S1(=O)CCC(NCCSC(F)(F)F)c2ccccc21. The molecule has 1 aromatic carbocycles. The summed E-state index contributed by atoms with van der Waals surface area (Å²) in [5.74, 6) is -0.0665. The molecule has 1 unspecified atom stereocenters. The topological polar surface area (TPSA) is 46.2 Å². The number of sulfone groups is 1. The van der Waals surface area contributed by atoms with Crippen molar-refractivity contribution in [2.75, 3.05) is 18.1 Å². The summed E-state index contributed by atoms with van der Waals surface area (Å²) in [5, 5.41) is 3.00. The highest BCUT2D eigenvalue weighted by atomic mass is 32.2. The fraction of sp³-hybridized carbons (Fsp3) is 0.500. The minimum atomic E-state index is -4.23. The number of nitrogens with one attached hydrogen (secondary N) is 1. The van der Waals surface area contributed by atoms with Crippen molar-refractivity contribution >= 4 is 21.6 Å². The Morgan fingerprint density at radius 3 is 2.70 bits per heavy atom. The minimum Gasteiger partial charge on any atom is -0.309 e. The van der Waals surface area contributed by atoms with Gasteiger partial charge in [0.05, 0.1) is 10.6 Å². The van der Waals surface area contributed by atoms with Gasteiger partial charge in [0.25, 0.3) is 0 Å². The number of hydrogen-bond acceptors (Lipinski definition) is 4. The lowest BCUT2D eigenvalue weighted by Crippen LogP contribution is -2.31. The van der Waals surface area contributed by atoms with Crippen LogP contribution in [0.1, 0.15) is 18.0 Å². The van der Waals surface area contributed by atoms with Crippen LogP contribution < -0.4 is 5.32 Å². The maximum atomic E-state index is 12.0. The van der Waals surface area contributed by atoms with Gasteiger partial charge in [0, 0.05) is 18.3 Å². The molecule has 20 heavy (non-hydrogen) atoms. The van der Waals surface area contributed by atoms with Gasteiger partial charge < -0.3 is 5.32 Å². The van der Waals surface area contributed by atoms with E-state index in [1.165, 1.54) is 0 Å². The van der Waals surface area contributed by atoms with Crippen LogP contribution in [0, 0.1) is 0 Å². The van der Waals surface area contributed by atoms with Gasteiger partial charge in [0.2, 0.25) is 0 Å². The van der Waals surface area contributed by atoms with Crippen molar-refractivity contribution in [2.45, 2.75) is 22.9 Å². The van der Waals surface area contributed by atoms with Crippen LogP contribution >= 0.6 is 11.8 Å². The van der Waals surface area contributed by atoms with E-state index in [1.807, 2.05) is 0 Å². The van der Waals surface area contributed by atoms with Crippen molar-refractivity contribution in [2.24, 2.45) is 0 Å². The van der Waals surface area contributed by atoms with Gasteiger partial charge in [-0.2, -0.15) is 13.2 Å². The highest BCUT2D eigenvalue weighted by Crippen LogP contribution is 2.32. The summed E-state index contributed by atoms with van der Waals surface area (Å²) in [5.41, 5.74) is -3.58. The third-order valence-electron chi connectivity index (χ3n) is 3.06. The van der Waals surface area contributed by atoms with Gasteiger partial charge >= 0.3 is 5.51 Å². The lowest BCUT2D eigenvalue weighted by atomic mass is 10.0. The van der Waals surface area contributed by atoms with Crippen LogP contribution in [0.4, 0.5) is 13.2 Å². The number of rotatable bonds is 4. The molecular weight excluding hydrogens is 311 g/mol. The molecule has 1 aromatic rings. The molecule has 8 heteroatoms. The lowest BCUT2D eigenvalue weighted by molar-refractivity contribution is -0.0327. The second kappa shape index (κ2) is 5.95. The van der Waals surface area contributed by atoms with Crippen LogP contribution in [0.3, 0.4) is 0 Å². The Balaban J connectivity index is 2.01. The van der Waals surface area contributed by atoms with Gasteiger partial charge in [0.15, 0.2) is 9.84 Å². The maximum absolute atomic E-state index is 12.0. The summed E-state index contributed by atoms with van der Waals surface area (Å²) < 4.78 is 59.9. The minimum absolute atomic E-state index is 0.0219. The molecule has 0 spiro atoms. The molecule has 0 radical (unpaired) electrons. The summed E-state index contributed by atoms with van der Waals surface area (Å²) in [6.45, 7) is 0.184. The van der Waals surface area contributed by atoms with Crippen molar-refractivity contribution < 1.29 is 21.6 Å². The summed E-state index contributed by atoms with van der Waals surface area (Å²) in [7, 11) is -3.25. The monoisotopic (exact) mass is 325 g/mol. The quantitative estimate of drug-likeness (QED) is 0.865. The fourth-order valence-electron chi connectivity index (χ4n) is 2.20. The second-order valence-corrected chi connectivity index (χ2v) is 7.68. The molecule has 1 aliphatic heterocycles. The molecule has 0 fully saturated rings. The Bertz CT molecular complexity index is 572. The van der Waals surface area contributed by atoms with Gasteiger partial charge in [-0.1, -0.05) is 18.2 Å². The van der Waals surface area contributed by atoms with Gasteiger partial charge in [-0.25, -0.2) is 8.42 Å². The van der Waals surface area contributed by atoms with Crippen LogP contribution in [0.25, 0.3) is 0 Å². The van der Waals surface area contributed by atoms with E-state index in [0.717, 1.165) is 0 Å². The molecule has 0 saturated heterocycles. The number of benzene rings is 1. The Labute approximate surface area is 119 Å². The molecule has 1 heterocycles. The first-order valence-corrected chi connectivity index (χ1v) is 8.69. The smallest absolute Gasteiger partial charge is 0.309 e. The number of thioether (sulfide) groups is 1. The number of fused-ring (bicyclic) bond motifs is 1. The van der Waals surface area contributed by atoms with Gasteiger partial charge in [-0.05, 0) is 29.8 Å². The summed E-state index contributed by atoms with van der Waals surface area (Å²) >= 11 is -0.0775. The van der Waals surface area contributed by atoms with Crippen molar-refractivity contribution in [3.8, 4) is 0 Å². The molecule has 1 atom stereocenters. The van der Waals surface area contributed by atoms with E-state index >= 15 is 0 Å². The predicted molar refractivity (Wildman–Crippen MR) is 72.4 cm³/mol. The first kappa shape index (κ1) is 15.7. The van der Waals surface area contributed by atoms with Crippen LogP contribution in [-0.2, 0) is 9.84 Å². The molecule has 0 amide bonds. The Kier molecular flexibility index (Phi) is 4.66. The molecule has 1 N–H and O–H groups in total. The third kappa shape index (κ3) is 3.89. The Morgan fingerprint density at radius 1 is 1.30 bits per heavy atom. The van der Waals surface area contributed by atoms with Crippen molar-refractivity contribution in [3.63, 3.8) is 0 Å². The molecule has 1 aliphatic rings. The van der Waals surface area contributed by atoms with Gasteiger partial charge in [-0.3, -0.25) is 0 Å². The molecule has 2 rings (SSSR count). The van der Waals surface area contributed by atoms with E-state index in [9.17, 15) is 21.6 Å².